The van der Waals surface area contributed by atoms with Crippen LogP contribution in [0, 0.1) is 5.92 Å². The van der Waals surface area contributed by atoms with E-state index in [1.165, 1.54) is 11.3 Å². The first-order chi connectivity index (χ1) is 11.0. The van der Waals surface area contributed by atoms with Crippen LogP contribution in [0.2, 0.25) is 0 Å². The molecule has 23 heavy (non-hydrogen) atoms. The van der Waals surface area contributed by atoms with Gasteiger partial charge in [-0.1, -0.05) is 19.9 Å². The van der Waals surface area contributed by atoms with Crippen molar-refractivity contribution in [2.75, 3.05) is 0 Å². The van der Waals surface area contributed by atoms with Crippen LogP contribution in [-0.2, 0) is 0 Å². The summed E-state index contributed by atoms with van der Waals surface area (Å²) in [5, 5.41) is 15.1. The molecule has 0 bridgehead atoms. The molecule has 0 saturated heterocycles. The fourth-order valence-corrected chi connectivity index (χ4v) is 3.64. The van der Waals surface area contributed by atoms with Crippen molar-refractivity contribution in [2.45, 2.75) is 44.8 Å². The van der Waals surface area contributed by atoms with Crippen molar-refractivity contribution in [1.29, 1.82) is 0 Å². The molecule has 0 spiro atoms. The third-order valence-electron chi connectivity index (χ3n) is 4.22. The van der Waals surface area contributed by atoms with Gasteiger partial charge < -0.3 is 10.4 Å². The van der Waals surface area contributed by atoms with Gasteiger partial charge in [0.1, 0.15) is 0 Å². The van der Waals surface area contributed by atoms with Crippen molar-refractivity contribution >= 4 is 17.2 Å². The Bertz CT molecular complexity index is 665. The first-order valence-electron chi connectivity index (χ1n) is 7.90. The summed E-state index contributed by atoms with van der Waals surface area (Å²) < 4.78 is 0. The average Bonchev–Trinajstić information content (AvgIpc) is 3.01. The Morgan fingerprint density at radius 3 is 2.70 bits per heavy atom. The Hall–Kier alpha value is -1.79. The molecule has 1 amide bonds. The van der Waals surface area contributed by atoms with Crippen LogP contribution in [0.1, 0.15) is 59.8 Å². The van der Waals surface area contributed by atoms with E-state index in [1.54, 1.807) is 6.20 Å². The summed E-state index contributed by atoms with van der Waals surface area (Å²) in [4.78, 5) is 21.3. The third-order valence-corrected chi connectivity index (χ3v) is 5.08. The topological polar surface area (TPSA) is 75.1 Å². The smallest absolute Gasteiger partial charge is 0.280 e. The van der Waals surface area contributed by atoms with Gasteiger partial charge in [-0.3, -0.25) is 9.78 Å². The number of pyridine rings is 1. The molecule has 1 aliphatic rings. The van der Waals surface area contributed by atoms with Crippen LogP contribution in [0.4, 0.5) is 0 Å². The normalized spacial score (nSPS) is 21.7. The van der Waals surface area contributed by atoms with Gasteiger partial charge in [-0.25, -0.2) is 4.98 Å². The fourth-order valence-electron chi connectivity index (χ4n) is 2.75. The number of hydrogen-bond donors (Lipinski definition) is 2. The molecule has 1 fully saturated rings. The summed E-state index contributed by atoms with van der Waals surface area (Å²) >= 11 is 1.37. The molecule has 0 aromatic carbocycles. The highest BCUT2D eigenvalue weighted by Gasteiger charge is 2.36. The van der Waals surface area contributed by atoms with Gasteiger partial charge in [0.05, 0.1) is 23.5 Å². The molecule has 1 aliphatic carbocycles. The van der Waals surface area contributed by atoms with E-state index in [9.17, 15) is 9.90 Å². The summed E-state index contributed by atoms with van der Waals surface area (Å²) in [6.07, 6.45) is 2.84. The lowest BCUT2D eigenvalue weighted by molar-refractivity contribution is 0.0228. The number of carbonyl (C=O) groups is 1. The number of aromatic nitrogens is 2. The van der Waals surface area contributed by atoms with Crippen LogP contribution in [0.15, 0.2) is 29.8 Å². The summed E-state index contributed by atoms with van der Waals surface area (Å²) in [5.74, 6) is 0.355. The second kappa shape index (κ2) is 6.76. The Balaban J connectivity index is 1.76. The minimum atomic E-state index is -0.268. The molecule has 0 aliphatic heterocycles. The fraction of sp³-hybridized carbons (Fsp3) is 0.471. The first kappa shape index (κ1) is 16.1. The molecule has 2 heterocycles. The van der Waals surface area contributed by atoms with Crippen molar-refractivity contribution in [3.05, 3.63) is 46.2 Å². The number of nitrogens with one attached hydrogen (secondary N) is 1. The third kappa shape index (κ3) is 3.59. The second-order valence-corrected chi connectivity index (χ2v) is 7.18. The van der Waals surface area contributed by atoms with E-state index in [0.29, 0.717) is 23.8 Å². The molecule has 6 heteroatoms. The van der Waals surface area contributed by atoms with E-state index in [0.717, 1.165) is 11.4 Å². The molecule has 2 aromatic rings. The summed E-state index contributed by atoms with van der Waals surface area (Å²) in [6.45, 7) is 4.12. The lowest BCUT2D eigenvalue weighted by atomic mass is 9.76. The lowest BCUT2D eigenvalue weighted by Crippen LogP contribution is -2.41. The minimum Gasteiger partial charge on any atom is -0.393 e. The van der Waals surface area contributed by atoms with Crippen molar-refractivity contribution < 1.29 is 9.90 Å². The van der Waals surface area contributed by atoms with Gasteiger partial charge in [0.2, 0.25) is 0 Å². The maximum absolute atomic E-state index is 12.5. The highest BCUT2D eigenvalue weighted by Crippen LogP contribution is 2.37. The molecule has 5 nitrogen and oxygen atoms in total. The highest BCUT2D eigenvalue weighted by atomic mass is 32.1. The standard InChI is InChI=1S/C17H21N3O2S/c1-10(2)14-9-23-17(19-14)16(22)20-15(11-7-12(21)8-11)13-5-3-4-6-18-13/h3-6,9-12,15,21H,7-8H2,1-2H3,(H,20,22)/t11?,12?,15-/m1/s1. The van der Waals surface area contributed by atoms with Gasteiger partial charge in [-0.2, -0.15) is 0 Å². The number of hydrogen-bond acceptors (Lipinski definition) is 5. The summed E-state index contributed by atoms with van der Waals surface area (Å²) in [5.41, 5.74) is 1.77. The van der Waals surface area contributed by atoms with Gasteiger partial charge in [0.15, 0.2) is 5.01 Å². The molecular formula is C17H21N3O2S. The zero-order chi connectivity index (χ0) is 16.4. The Morgan fingerprint density at radius 1 is 1.35 bits per heavy atom. The number of thiazole rings is 1. The maximum Gasteiger partial charge on any atom is 0.280 e. The van der Waals surface area contributed by atoms with E-state index in [4.69, 9.17) is 0 Å². The molecule has 1 atom stereocenters. The van der Waals surface area contributed by atoms with Gasteiger partial charge in [-0.05, 0) is 36.8 Å². The first-order valence-corrected chi connectivity index (χ1v) is 8.78. The van der Waals surface area contributed by atoms with E-state index in [1.807, 2.05) is 23.6 Å². The molecule has 2 aromatic heterocycles. The Labute approximate surface area is 139 Å². The van der Waals surface area contributed by atoms with Crippen LogP contribution in [0.5, 0.6) is 0 Å². The number of aliphatic hydroxyl groups is 1. The number of amides is 1. The van der Waals surface area contributed by atoms with Gasteiger partial charge in [0.25, 0.3) is 5.91 Å². The molecule has 1 saturated carbocycles. The Kier molecular flexibility index (Phi) is 4.73. The average molecular weight is 331 g/mol. The molecular weight excluding hydrogens is 310 g/mol. The van der Waals surface area contributed by atoms with Crippen LogP contribution in [-0.4, -0.2) is 27.1 Å². The minimum absolute atomic E-state index is 0.168. The van der Waals surface area contributed by atoms with Crippen molar-refractivity contribution in [1.82, 2.24) is 15.3 Å². The van der Waals surface area contributed by atoms with E-state index >= 15 is 0 Å². The van der Waals surface area contributed by atoms with E-state index in [-0.39, 0.29) is 24.0 Å². The predicted molar refractivity (Wildman–Crippen MR) is 89.4 cm³/mol. The second-order valence-electron chi connectivity index (χ2n) is 6.32. The van der Waals surface area contributed by atoms with Gasteiger partial charge in [-0.15, -0.1) is 11.3 Å². The van der Waals surface area contributed by atoms with Crippen molar-refractivity contribution in [3.8, 4) is 0 Å². The van der Waals surface area contributed by atoms with Crippen molar-refractivity contribution in [2.24, 2.45) is 5.92 Å². The van der Waals surface area contributed by atoms with Crippen molar-refractivity contribution in [3.63, 3.8) is 0 Å². The predicted octanol–water partition coefficient (Wildman–Crippen LogP) is 2.90. The summed E-state index contributed by atoms with van der Waals surface area (Å²) in [6, 6.07) is 5.50. The highest BCUT2D eigenvalue weighted by molar-refractivity contribution is 7.11. The lowest BCUT2D eigenvalue weighted by Gasteiger charge is -2.37. The van der Waals surface area contributed by atoms with E-state index < -0.39 is 0 Å². The molecule has 3 rings (SSSR count). The SMILES string of the molecule is CC(C)c1csc(C(=O)N[C@@H](c2ccccn2)C2CC(O)C2)n1. The molecule has 2 N–H and O–H groups in total. The van der Waals surface area contributed by atoms with Crippen LogP contribution >= 0.6 is 11.3 Å². The van der Waals surface area contributed by atoms with Crippen LogP contribution < -0.4 is 5.32 Å². The monoisotopic (exact) mass is 331 g/mol. The zero-order valence-corrected chi connectivity index (χ0v) is 14.1. The molecule has 122 valence electrons. The van der Waals surface area contributed by atoms with Crippen LogP contribution in [0.3, 0.4) is 0 Å². The largest absolute Gasteiger partial charge is 0.393 e. The van der Waals surface area contributed by atoms with Gasteiger partial charge >= 0.3 is 0 Å². The summed E-state index contributed by atoms with van der Waals surface area (Å²) in [7, 11) is 0. The van der Waals surface area contributed by atoms with Crippen LogP contribution in [0.25, 0.3) is 0 Å². The molecule has 0 unspecified atom stereocenters. The number of aliphatic hydroxyl groups excluding tert-OH is 1. The maximum atomic E-state index is 12.5. The van der Waals surface area contributed by atoms with Gasteiger partial charge in [0, 0.05) is 11.6 Å². The number of carbonyl (C=O) groups excluding carboxylic acids is 1. The Morgan fingerprint density at radius 2 is 2.13 bits per heavy atom. The quantitative estimate of drug-likeness (QED) is 0.883. The number of rotatable bonds is 5. The zero-order valence-electron chi connectivity index (χ0n) is 13.3. The van der Waals surface area contributed by atoms with E-state index in [2.05, 4.69) is 29.1 Å². The number of nitrogens with zero attached hydrogens (tertiary/aromatic N) is 2. The molecule has 0 radical (unpaired) electrons.